The molecule has 4 nitrogen and oxygen atoms in total. The normalized spacial score (nSPS) is 9.68. The van der Waals surface area contributed by atoms with E-state index in [1.165, 1.54) is 6.92 Å². The maximum Gasteiger partial charge on any atom is 0.217 e. The Kier molecular flexibility index (Phi) is 6.48. The number of carbonyl (C=O) groups is 1. The molecule has 1 amide bonds. The molecule has 1 aromatic carbocycles. The van der Waals surface area contributed by atoms with Crippen LogP contribution in [0.3, 0.4) is 0 Å². The zero-order valence-electron chi connectivity index (χ0n) is 11.7. The van der Waals surface area contributed by atoms with Gasteiger partial charge in [0.1, 0.15) is 12.4 Å². The Balaban J connectivity index is 2.40. The van der Waals surface area contributed by atoms with Crippen molar-refractivity contribution >= 4 is 5.91 Å². The summed E-state index contributed by atoms with van der Waals surface area (Å²) >= 11 is 0. The number of ether oxygens (including phenoxy) is 1. The second-order valence-electron chi connectivity index (χ2n) is 4.39. The van der Waals surface area contributed by atoms with Crippen molar-refractivity contribution in [3.05, 3.63) is 29.8 Å². The maximum absolute atomic E-state index is 10.6. The second kappa shape index (κ2) is 8.17. The molecule has 0 spiro atoms. The van der Waals surface area contributed by atoms with Gasteiger partial charge in [-0.1, -0.05) is 11.8 Å². The Labute approximate surface area is 114 Å². The van der Waals surface area contributed by atoms with Crippen LogP contribution in [0, 0.1) is 11.8 Å². The fraction of sp³-hybridized carbons (Fsp3) is 0.400. The lowest BCUT2D eigenvalue weighted by Gasteiger charge is -2.10. The maximum atomic E-state index is 10.6. The number of likely N-dealkylation sites (N-methyl/N-ethyl adjacent to an activating group) is 1. The lowest BCUT2D eigenvalue weighted by atomic mass is 10.2. The number of hydrogen-bond donors (Lipinski definition) is 1. The predicted octanol–water partition coefficient (Wildman–Crippen LogP) is 1.11. The van der Waals surface area contributed by atoms with Gasteiger partial charge in [-0.15, -0.1) is 0 Å². The van der Waals surface area contributed by atoms with Crippen LogP contribution in [0.2, 0.25) is 0 Å². The molecule has 102 valence electrons. The van der Waals surface area contributed by atoms with Gasteiger partial charge < -0.3 is 15.0 Å². The Morgan fingerprint density at radius 1 is 1.32 bits per heavy atom. The van der Waals surface area contributed by atoms with E-state index in [9.17, 15) is 4.79 Å². The third kappa shape index (κ3) is 7.12. The molecule has 0 bridgehead atoms. The van der Waals surface area contributed by atoms with Crippen LogP contribution in [0.4, 0.5) is 0 Å². The summed E-state index contributed by atoms with van der Waals surface area (Å²) in [6.45, 7) is 3.40. The van der Waals surface area contributed by atoms with E-state index in [4.69, 9.17) is 4.74 Å². The van der Waals surface area contributed by atoms with Crippen LogP contribution in [0.25, 0.3) is 0 Å². The smallest absolute Gasteiger partial charge is 0.217 e. The van der Waals surface area contributed by atoms with Gasteiger partial charge in [-0.25, -0.2) is 0 Å². The van der Waals surface area contributed by atoms with Crippen molar-refractivity contribution in [2.75, 3.05) is 33.8 Å². The van der Waals surface area contributed by atoms with E-state index in [1.54, 1.807) is 0 Å². The number of carbonyl (C=O) groups excluding carboxylic acids is 1. The van der Waals surface area contributed by atoms with Crippen molar-refractivity contribution in [3.63, 3.8) is 0 Å². The Bertz CT molecular complexity index is 455. The molecule has 0 aliphatic carbocycles. The van der Waals surface area contributed by atoms with Crippen LogP contribution in [0.15, 0.2) is 24.3 Å². The fourth-order valence-corrected chi connectivity index (χ4v) is 1.30. The molecule has 0 radical (unpaired) electrons. The van der Waals surface area contributed by atoms with E-state index in [1.807, 2.05) is 38.4 Å². The number of amides is 1. The van der Waals surface area contributed by atoms with E-state index in [0.29, 0.717) is 13.2 Å². The summed E-state index contributed by atoms with van der Waals surface area (Å²) in [5.74, 6) is 6.63. The molecule has 0 saturated carbocycles. The highest BCUT2D eigenvalue weighted by Crippen LogP contribution is 2.11. The molecule has 0 aromatic heterocycles. The summed E-state index contributed by atoms with van der Waals surface area (Å²) in [4.78, 5) is 12.7. The molecule has 0 unspecified atom stereocenters. The SMILES string of the molecule is CC(=O)NCC#Cc1ccc(OCCN(C)C)cc1. The highest BCUT2D eigenvalue weighted by molar-refractivity contribution is 5.73. The summed E-state index contributed by atoms with van der Waals surface area (Å²) in [6.07, 6.45) is 0. The monoisotopic (exact) mass is 260 g/mol. The lowest BCUT2D eigenvalue weighted by Crippen LogP contribution is -2.19. The first-order valence-corrected chi connectivity index (χ1v) is 6.19. The molecule has 1 aromatic rings. The Morgan fingerprint density at radius 2 is 2.00 bits per heavy atom. The average Bonchev–Trinajstić information content (AvgIpc) is 2.36. The van der Waals surface area contributed by atoms with Gasteiger partial charge in [-0.2, -0.15) is 0 Å². The van der Waals surface area contributed by atoms with Crippen molar-refractivity contribution in [2.24, 2.45) is 0 Å². The van der Waals surface area contributed by atoms with Crippen molar-refractivity contribution in [2.45, 2.75) is 6.92 Å². The summed E-state index contributed by atoms with van der Waals surface area (Å²) in [5, 5.41) is 2.62. The van der Waals surface area contributed by atoms with Gasteiger partial charge in [0.2, 0.25) is 5.91 Å². The average molecular weight is 260 g/mol. The van der Waals surface area contributed by atoms with E-state index in [2.05, 4.69) is 22.1 Å². The van der Waals surface area contributed by atoms with Gasteiger partial charge in [0.05, 0.1) is 6.54 Å². The number of nitrogens with zero attached hydrogens (tertiary/aromatic N) is 1. The van der Waals surface area contributed by atoms with E-state index < -0.39 is 0 Å². The molecule has 0 aliphatic heterocycles. The molecule has 0 fully saturated rings. The zero-order valence-corrected chi connectivity index (χ0v) is 11.7. The van der Waals surface area contributed by atoms with Gasteiger partial charge in [-0.05, 0) is 38.4 Å². The second-order valence-corrected chi connectivity index (χ2v) is 4.39. The molecular weight excluding hydrogens is 240 g/mol. The molecule has 0 saturated heterocycles. The van der Waals surface area contributed by atoms with Crippen LogP contribution < -0.4 is 10.1 Å². The minimum atomic E-state index is -0.0704. The van der Waals surface area contributed by atoms with Crippen LogP contribution in [-0.2, 0) is 4.79 Å². The Hall–Kier alpha value is -1.99. The fourth-order valence-electron chi connectivity index (χ4n) is 1.30. The van der Waals surface area contributed by atoms with Crippen molar-refractivity contribution in [3.8, 4) is 17.6 Å². The van der Waals surface area contributed by atoms with Crippen molar-refractivity contribution in [1.29, 1.82) is 0 Å². The van der Waals surface area contributed by atoms with Gasteiger partial charge in [-0.3, -0.25) is 4.79 Å². The van der Waals surface area contributed by atoms with Crippen LogP contribution >= 0.6 is 0 Å². The number of rotatable bonds is 5. The number of benzene rings is 1. The van der Waals surface area contributed by atoms with Gasteiger partial charge in [0, 0.05) is 19.0 Å². The first-order valence-electron chi connectivity index (χ1n) is 6.19. The summed E-state index contributed by atoms with van der Waals surface area (Å²) in [5.41, 5.74) is 0.908. The molecular formula is C15H20N2O2. The zero-order chi connectivity index (χ0) is 14.1. The summed E-state index contributed by atoms with van der Waals surface area (Å²) in [7, 11) is 4.02. The summed E-state index contributed by atoms with van der Waals surface area (Å²) < 4.78 is 5.58. The topological polar surface area (TPSA) is 41.6 Å². The molecule has 1 rings (SSSR count). The van der Waals surface area contributed by atoms with Crippen molar-refractivity contribution in [1.82, 2.24) is 10.2 Å². The molecule has 4 heteroatoms. The van der Waals surface area contributed by atoms with Crippen LogP contribution in [0.5, 0.6) is 5.75 Å². The quantitative estimate of drug-likeness (QED) is 0.807. The predicted molar refractivity (Wildman–Crippen MR) is 76.1 cm³/mol. The first kappa shape index (κ1) is 15.1. The van der Waals surface area contributed by atoms with E-state index in [-0.39, 0.29) is 5.91 Å². The third-order valence-electron chi connectivity index (χ3n) is 2.32. The Morgan fingerprint density at radius 3 is 2.58 bits per heavy atom. The molecule has 0 heterocycles. The molecule has 0 atom stereocenters. The minimum Gasteiger partial charge on any atom is -0.492 e. The highest BCUT2D eigenvalue weighted by Gasteiger charge is 1.95. The van der Waals surface area contributed by atoms with Gasteiger partial charge >= 0.3 is 0 Å². The summed E-state index contributed by atoms with van der Waals surface area (Å²) in [6, 6.07) is 7.62. The standard InChI is InChI=1S/C15H20N2O2/c1-13(18)16-10-4-5-14-6-8-15(9-7-14)19-12-11-17(2)3/h6-9H,10-12H2,1-3H3,(H,16,18). The van der Waals surface area contributed by atoms with Gasteiger partial charge in [0.15, 0.2) is 0 Å². The van der Waals surface area contributed by atoms with E-state index in [0.717, 1.165) is 17.9 Å². The van der Waals surface area contributed by atoms with Gasteiger partial charge in [0.25, 0.3) is 0 Å². The first-order chi connectivity index (χ1) is 9.08. The molecule has 19 heavy (non-hydrogen) atoms. The largest absolute Gasteiger partial charge is 0.492 e. The minimum absolute atomic E-state index is 0.0704. The van der Waals surface area contributed by atoms with Crippen LogP contribution in [-0.4, -0.2) is 44.6 Å². The van der Waals surface area contributed by atoms with Crippen LogP contribution in [0.1, 0.15) is 12.5 Å². The van der Waals surface area contributed by atoms with E-state index >= 15 is 0 Å². The number of hydrogen-bond acceptors (Lipinski definition) is 3. The molecule has 0 aliphatic rings. The highest BCUT2D eigenvalue weighted by atomic mass is 16.5. The lowest BCUT2D eigenvalue weighted by molar-refractivity contribution is -0.118. The third-order valence-corrected chi connectivity index (χ3v) is 2.32. The number of nitrogens with one attached hydrogen (secondary N) is 1. The van der Waals surface area contributed by atoms with Crippen molar-refractivity contribution < 1.29 is 9.53 Å². The molecule has 1 N–H and O–H groups in total.